The number of pyridine rings is 1. The fourth-order valence-corrected chi connectivity index (χ4v) is 2.36. The smallest absolute Gasteiger partial charge is 0.253 e. The van der Waals surface area contributed by atoms with E-state index in [9.17, 15) is 4.79 Å². The number of carbonyl (C=O) groups excluding carboxylic acids is 1. The average molecular weight is 247 g/mol. The van der Waals surface area contributed by atoms with Crippen molar-refractivity contribution in [3.05, 3.63) is 29.1 Å². The molecule has 1 aromatic heterocycles. The molecule has 4 heteroatoms. The topological polar surface area (TPSA) is 54.0 Å². The van der Waals surface area contributed by atoms with E-state index in [1.54, 1.807) is 0 Å². The van der Waals surface area contributed by atoms with E-state index < -0.39 is 0 Å². The highest BCUT2D eigenvalue weighted by Gasteiger charge is 2.23. The lowest BCUT2D eigenvalue weighted by molar-refractivity contribution is 0.0914. The van der Waals surface area contributed by atoms with E-state index in [4.69, 9.17) is 0 Å². The summed E-state index contributed by atoms with van der Waals surface area (Å²) in [4.78, 5) is 16.5. The van der Waals surface area contributed by atoms with Gasteiger partial charge >= 0.3 is 0 Å². The zero-order valence-electron chi connectivity index (χ0n) is 11.3. The van der Waals surface area contributed by atoms with Crippen LogP contribution in [0.2, 0.25) is 0 Å². The molecule has 2 unspecified atom stereocenters. The Labute approximate surface area is 108 Å². The summed E-state index contributed by atoms with van der Waals surface area (Å²) in [6, 6.07) is 3.95. The lowest BCUT2D eigenvalue weighted by atomic mass is 9.94. The van der Waals surface area contributed by atoms with Crippen molar-refractivity contribution in [1.29, 1.82) is 0 Å². The summed E-state index contributed by atoms with van der Waals surface area (Å²) < 4.78 is 0. The minimum absolute atomic E-state index is 0.0134. The second kappa shape index (κ2) is 5.48. The van der Waals surface area contributed by atoms with Gasteiger partial charge in [-0.3, -0.25) is 9.78 Å². The van der Waals surface area contributed by atoms with E-state index in [-0.39, 0.29) is 11.9 Å². The monoisotopic (exact) mass is 247 g/mol. The third-order valence-corrected chi connectivity index (χ3v) is 3.61. The molecule has 1 fully saturated rings. The van der Waals surface area contributed by atoms with Gasteiger partial charge in [-0.1, -0.05) is 6.92 Å². The number of nitrogens with zero attached hydrogens (tertiary/aromatic N) is 1. The maximum atomic E-state index is 12.2. The van der Waals surface area contributed by atoms with Crippen LogP contribution in [0.5, 0.6) is 0 Å². The van der Waals surface area contributed by atoms with E-state index in [0.717, 1.165) is 30.9 Å². The van der Waals surface area contributed by atoms with Crippen LogP contribution >= 0.6 is 0 Å². The van der Waals surface area contributed by atoms with Gasteiger partial charge in [0, 0.05) is 18.3 Å². The lowest BCUT2D eigenvalue weighted by Crippen LogP contribution is -2.50. The van der Waals surface area contributed by atoms with Crippen molar-refractivity contribution < 1.29 is 4.79 Å². The number of rotatable bonds is 2. The molecule has 1 saturated heterocycles. The highest BCUT2D eigenvalue weighted by atomic mass is 16.1. The second-order valence-corrected chi connectivity index (χ2v) is 5.14. The molecule has 98 valence electrons. The first-order chi connectivity index (χ1) is 8.58. The van der Waals surface area contributed by atoms with Crippen molar-refractivity contribution in [2.24, 2.45) is 5.92 Å². The molecule has 0 saturated carbocycles. The minimum Gasteiger partial charge on any atom is -0.348 e. The normalized spacial score (nSPS) is 23.7. The van der Waals surface area contributed by atoms with Gasteiger partial charge < -0.3 is 10.6 Å². The van der Waals surface area contributed by atoms with E-state index in [2.05, 4.69) is 22.5 Å². The van der Waals surface area contributed by atoms with Crippen LogP contribution in [-0.2, 0) is 0 Å². The standard InChI is InChI=1S/C14H21N3O/c1-9-6-7-15-8-13(9)17-14(18)12-5-4-10(2)16-11(12)3/h4-5,9,13,15H,6-8H2,1-3H3,(H,17,18). The zero-order chi connectivity index (χ0) is 13.1. The Kier molecular flexibility index (Phi) is 3.97. The number of piperidine rings is 1. The highest BCUT2D eigenvalue weighted by molar-refractivity contribution is 5.95. The number of amides is 1. The maximum absolute atomic E-state index is 12.2. The number of aryl methyl sites for hydroxylation is 2. The first-order valence-corrected chi connectivity index (χ1v) is 6.53. The predicted molar refractivity (Wildman–Crippen MR) is 71.6 cm³/mol. The van der Waals surface area contributed by atoms with Crippen molar-refractivity contribution in [3.8, 4) is 0 Å². The van der Waals surface area contributed by atoms with E-state index in [0.29, 0.717) is 11.5 Å². The summed E-state index contributed by atoms with van der Waals surface area (Å²) in [5.74, 6) is 0.509. The fraction of sp³-hybridized carbons (Fsp3) is 0.571. The molecule has 2 heterocycles. The molecular formula is C14H21N3O. The van der Waals surface area contributed by atoms with Gasteiger partial charge in [0.15, 0.2) is 0 Å². The number of hydrogen-bond donors (Lipinski definition) is 2. The molecule has 2 N–H and O–H groups in total. The van der Waals surface area contributed by atoms with Crippen LogP contribution in [0.15, 0.2) is 12.1 Å². The average Bonchev–Trinajstić information content (AvgIpc) is 2.32. The molecule has 18 heavy (non-hydrogen) atoms. The Morgan fingerprint density at radius 3 is 2.89 bits per heavy atom. The lowest BCUT2D eigenvalue weighted by Gasteiger charge is -2.30. The van der Waals surface area contributed by atoms with Crippen LogP contribution in [0.3, 0.4) is 0 Å². The minimum atomic E-state index is -0.0134. The summed E-state index contributed by atoms with van der Waals surface area (Å²) in [5, 5.41) is 6.42. The van der Waals surface area contributed by atoms with Gasteiger partial charge in [0.25, 0.3) is 5.91 Å². The zero-order valence-corrected chi connectivity index (χ0v) is 11.3. The molecule has 2 rings (SSSR count). The quantitative estimate of drug-likeness (QED) is 0.831. The molecule has 0 aromatic carbocycles. The Morgan fingerprint density at radius 2 is 2.22 bits per heavy atom. The molecule has 1 aliphatic heterocycles. The Bertz CT molecular complexity index is 445. The highest BCUT2D eigenvalue weighted by Crippen LogP contribution is 2.13. The first kappa shape index (κ1) is 13.0. The Morgan fingerprint density at radius 1 is 1.44 bits per heavy atom. The van der Waals surface area contributed by atoms with Crippen LogP contribution in [-0.4, -0.2) is 30.0 Å². The number of nitrogens with one attached hydrogen (secondary N) is 2. The summed E-state index contributed by atoms with van der Waals surface area (Å²) >= 11 is 0. The van der Waals surface area contributed by atoms with Crippen LogP contribution in [0.4, 0.5) is 0 Å². The van der Waals surface area contributed by atoms with Crippen molar-refractivity contribution in [3.63, 3.8) is 0 Å². The van der Waals surface area contributed by atoms with Crippen molar-refractivity contribution in [1.82, 2.24) is 15.6 Å². The van der Waals surface area contributed by atoms with E-state index in [1.807, 2.05) is 26.0 Å². The van der Waals surface area contributed by atoms with Gasteiger partial charge in [-0.15, -0.1) is 0 Å². The molecule has 1 aliphatic rings. The van der Waals surface area contributed by atoms with Crippen molar-refractivity contribution in [2.75, 3.05) is 13.1 Å². The Balaban J connectivity index is 2.07. The van der Waals surface area contributed by atoms with Gasteiger partial charge in [-0.2, -0.15) is 0 Å². The van der Waals surface area contributed by atoms with Crippen LogP contribution in [0, 0.1) is 19.8 Å². The SMILES string of the molecule is Cc1ccc(C(=O)NC2CNCCC2C)c(C)n1. The predicted octanol–water partition coefficient (Wildman–Crippen LogP) is 1.43. The van der Waals surface area contributed by atoms with Gasteiger partial charge in [-0.25, -0.2) is 0 Å². The molecule has 1 amide bonds. The molecule has 1 aromatic rings. The second-order valence-electron chi connectivity index (χ2n) is 5.14. The maximum Gasteiger partial charge on any atom is 0.253 e. The third-order valence-electron chi connectivity index (χ3n) is 3.61. The number of aromatic nitrogens is 1. The van der Waals surface area contributed by atoms with Crippen LogP contribution < -0.4 is 10.6 Å². The van der Waals surface area contributed by atoms with Gasteiger partial charge in [-0.05, 0) is 44.9 Å². The fourth-order valence-electron chi connectivity index (χ4n) is 2.36. The molecular weight excluding hydrogens is 226 g/mol. The van der Waals surface area contributed by atoms with E-state index in [1.165, 1.54) is 0 Å². The molecule has 0 spiro atoms. The first-order valence-electron chi connectivity index (χ1n) is 6.53. The summed E-state index contributed by atoms with van der Waals surface area (Å²) in [6.07, 6.45) is 1.11. The van der Waals surface area contributed by atoms with Gasteiger partial charge in [0.2, 0.25) is 0 Å². The summed E-state index contributed by atoms with van der Waals surface area (Å²) in [6.45, 7) is 7.89. The molecule has 2 atom stereocenters. The molecule has 0 radical (unpaired) electrons. The van der Waals surface area contributed by atoms with E-state index >= 15 is 0 Å². The largest absolute Gasteiger partial charge is 0.348 e. The summed E-state index contributed by atoms with van der Waals surface area (Å²) in [5.41, 5.74) is 2.42. The molecule has 0 bridgehead atoms. The van der Waals surface area contributed by atoms with Gasteiger partial charge in [0.05, 0.1) is 11.3 Å². The third kappa shape index (κ3) is 2.88. The van der Waals surface area contributed by atoms with Crippen LogP contribution in [0.25, 0.3) is 0 Å². The summed E-state index contributed by atoms with van der Waals surface area (Å²) in [7, 11) is 0. The number of carbonyl (C=O) groups is 1. The molecule has 4 nitrogen and oxygen atoms in total. The van der Waals surface area contributed by atoms with Crippen molar-refractivity contribution in [2.45, 2.75) is 33.2 Å². The Hall–Kier alpha value is -1.42. The van der Waals surface area contributed by atoms with Crippen molar-refractivity contribution >= 4 is 5.91 Å². The van der Waals surface area contributed by atoms with Gasteiger partial charge in [0.1, 0.15) is 0 Å². The van der Waals surface area contributed by atoms with Crippen LogP contribution in [0.1, 0.15) is 35.1 Å². The number of hydrogen-bond acceptors (Lipinski definition) is 3. The molecule has 0 aliphatic carbocycles.